The minimum absolute atomic E-state index is 0.131. The maximum Gasteiger partial charge on any atom is 0.248 e. The molecule has 0 spiro atoms. The molecule has 0 saturated carbocycles. The fourth-order valence-corrected chi connectivity index (χ4v) is 1.28. The van der Waals surface area contributed by atoms with Gasteiger partial charge in [0, 0.05) is 12.8 Å². The van der Waals surface area contributed by atoms with E-state index in [-0.39, 0.29) is 12.8 Å². The second-order valence-corrected chi connectivity index (χ2v) is 3.74. The number of hydrogen-bond acceptors (Lipinski definition) is 2. The maximum atomic E-state index is 13.3. The molecule has 0 aromatic rings. The SMILES string of the molecule is CC=COCCCC(F)(F)CCCOC=CC. The number of alkyl halides is 2. The number of ether oxygens (including phenoxy) is 2. The molecule has 0 rings (SSSR count). The molecule has 4 heteroatoms. The molecule has 0 radical (unpaired) electrons. The molecule has 0 fully saturated rings. The molecule has 0 amide bonds. The van der Waals surface area contributed by atoms with Crippen molar-refractivity contribution in [2.24, 2.45) is 0 Å². The van der Waals surface area contributed by atoms with Crippen molar-refractivity contribution < 1.29 is 18.3 Å². The van der Waals surface area contributed by atoms with E-state index in [4.69, 9.17) is 9.47 Å². The molecular formula is C13H22F2O2. The van der Waals surface area contributed by atoms with Crippen LogP contribution in [0.2, 0.25) is 0 Å². The van der Waals surface area contributed by atoms with Gasteiger partial charge in [0.1, 0.15) is 0 Å². The highest BCUT2D eigenvalue weighted by atomic mass is 19.3. The highest BCUT2D eigenvalue weighted by Gasteiger charge is 2.27. The minimum atomic E-state index is -2.61. The Morgan fingerprint density at radius 1 is 0.882 bits per heavy atom. The van der Waals surface area contributed by atoms with Gasteiger partial charge in [0.25, 0.3) is 0 Å². The fourth-order valence-electron chi connectivity index (χ4n) is 1.28. The van der Waals surface area contributed by atoms with Crippen molar-refractivity contribution in [3.8, 4) is 0 Å². The average Bonchev–Trinajstić information content (AvgIpc) is 2.28. The molecule has 0 aliphatic carbocycles. The van der Waals surface area contributed by atoms with Gasteiger partial charge in [0.2, 0.25) is 5.92 Å². The first-order valence-electron chi connectivity index (χ1n) is 5.96. The lowest BCUT2D eigenvalue weighted by atomic mass is 10.1. The van der Waals surface area contributed by atoms with Crippen LogP contribution >= 0.6 is 0 Å². The summed E-state index contributed by atoms with van der Waals surface area (Å²) in [6.07, 6.45) is 6.97. The van der Waals surface area contributed by atoms with Crippen LogP contribution in [-0.4, -0.2) is 19.1 Å². The van der Waals surface area contributed by atoms with Gasteiger partial charge in [-0.05, 0) is 26.7 Å². The van der Waals surface area contributed by atoms with Gasteiger partial charge in [0.15, 0.2) is 0 Å². The third-order valence-corrected chi connectivity index (χ3v) is 2.07. The third kappa shape index (κ3) is 11.2. The van der Waals surface area contributed by atoms with Crippen LogP contribution in [0.4, 0.5) is 8.78 Å². The van der Waals surface area contributed by atoms with Gasteiger partial charge in [-0.2, -0.15) is 0 Å². The second kappa shape index (κ2) is 10.1. The Morgan fingerprint density at radius 3 is 1.65 bits per heavy atom. The number of hydrogen-bond donors (Lipinski definition) is 0. The zero-order chi connectivity index (χ0) is 13.0. The molecule has 0 N–H and O–H groups in total. The molecule has 0 saturated heterocycles. The fraction of sp³-hybridized carbons (Fsp3) is 0.692. The summed E-state index contributed by atoms with van der Waals surface area (Å²) in [7, 11) is 0. The molecule has 0 aromatic carbocycles. The summed E-state index contributed by atoms with van der Waals surface area (Å²) in [5, 5.41) is 0. The Labute approximate surface area is 102 Å². The van der Waals surface area contributed by atoms with Gasteiger partial charge in [-0.15, -0.1) is 0 Å². The summed E-state index contributed by atoms with van der Waals surface area (Å²) >= 11 is 0. The van der Waals surface area contributed by atoms with E-state index in [0.717, 1.165) is 0 Å². The molecule has 0 aliphatic rings. The molecule has 17 heavy (non-hydrogen) atoms. The number of allylic oxidation sites excluding steroid dienone is 2. The Kier molecular flexibility index (Phi) is 9.49. The van der Waals surface area contributed by atoms with E-state index in [0.29, 0.717) is 26.1 Å². The second-order valence-electron chi connectivity index (χ2n) is 3.74. The van der Waals surface area contributed by atoms with Gasteiger partial charge in [-0.25, -0.2) is 8.78 Å². The summed E-state index contributed by atoms with van der Waals surface area (Å²) in [5.74, 6) is -2.61. The average molecular weight is 248 g/mol. The van der Waals surface area contributed by atoms with Crippen LogP contribution in [0.3, 0.4) is 0 Å². The number of halogens is 2. The summed E-state index contributed by atoms with van der Waals surface area (Å²) in [6, 6.07) is 0. The van der Waals surface area contributed by atoms with Gasteiger partial charge in [-0.3, -0.25) is 0 Å². The maximum absolute atomic E-state index is 13.3. The standard InChI is InChI=1S/C13H22F2O2/c1-3-9-16-11-5-7-13(14,15)8-6-12-17-10-4-2/h3-4,9-10H,5-8,11-12H2,1-2H3. The van der Waals surface area contributed by atoms with E-state index in [9.17, 15) is 8.78 Å². The minimum Gasteiger partial charge on any atom is -0.502 e. The van der Waals surface area contributed by atoms with Crippen molar-refractivity contribution in [1.29, 1.82) is 0 Å². The van der Waals surface area contributed by atoms with Gasteiger partial charge in [-0.1, -0.05) is 12.2 Å². The Bertz CT molecular complexity index is 203. The largest absolute Gasteiger partial charge is 0.502 e. The van der Waals surface area contributed by atoms with E-state index in [2.05, 4.69) is 0 Å². The molecular weight excluding hydrogens is 226 g/mol. The lowest BCUT2D eigenvalue weighted by Gasteiger charge is -2.15. The van der Waals surface area contributed by atoms with Gasteiger partial charge in [0.05, 0.1) is 25.7 Å². The predicted molar refractivity (Wildman–Crippen MR) is 64.9 cm³/mol. The molecule has 0 aliphatic heterocycles. The van der Waals surface area contributed by atoms with Crippen LogP contribution in [0.25, 0.3) is 0 Å². The lowest BCUT2D eigenvalue weighted by molar-refractivity contribution is -0.0268. The van der Waals surface area contributed by atoms with Crippen LogP contribution < -0.4 is 0 Å². The zero-order valence-corrected chi connectivity index (χ0v) is 10.6. The first-order valence-corrected chi connectivity index (χ1v) is 5.96. The predicted octanol–water partition coefficient (Wildman–Crippen LogP) is 4.28. The highest BCUT2D eigenvalue weighted by molar-refractivity contribution is 4.69. The summed E-state index contributed by atoms with van der Waals surface area (Å²) in [6.45, 7) is 4.32. The molecule has 0 bridgehead atoms. The van der Waals surface area contributed by atoms with Gasteiger partial charge < -0.3 is 9.47 Å². The normalized spacial score (nSPS) is 12.5. The summed E-state index contributed by atoms with van der Waals surface area (Å²) in [5.41, 5.74) is 0. The van der Waals surface area contributed by atoms with Crippen molar-refractivity contribution in [3.63, 3.8) is 0 Å². The molecule has 0 aromatic heterocycles. The van der Waals surface area contributed by atoms with E-state index >= 15 is 0 Å². The quantitative estimate of drug-likeness (QED) is 0.424. The van der Waals surface area contributed by atoms with Crippen molar-refractivity contribution in [1.82, 2.24) is 0 Å². The Morgan fingerprint density at radius 2 is 1.29 bits per heavy atom. The van der Waals surface area contributed by atoms with Crippen LogP contribution in [0, 0.1) is 0 Å². The van der Waals surface area contributed by atoms with Crippen LogP contribution in [-0.2, 0) is 9.47 Å². The van der Waals surface area contributed by atoms with Crippen molar-refractivity contribution >= 4 is 0 Å². The summed E-state index contributed by atoms with van der Waals surface area (Å²) in [4.78, 5) is 0. The van der Waals surface area contributed by atoms with E-state index < -0.39 is 5.92 Å². The van der Waals surface area contributed by atoms with Crippen molar-refractivity contribution in [2.75, 3.05) is 13.2 Å². The third-order valence-electron chi connectivity index (χ3n) is 2.07. The Hall–Kier alpha value is -1.06. The topological polar surface area (TPSA) is 18.5 Å². The molecule has 0 unspecified atom stereocenters. The van der Waals surface area contributed by atoms with Crippen LogP contribution in [0.5, 0.6) is 0 Å². The smallest absolute Gasteiger partial charge is 0.248 e. The summed E-state index contributed by atoms with van der Waals surface area (Å²) < 4.78 is 36.6. The number of rotatable bonds is 10. The molecule has 0 heterocycles. The first-order chi connectivity index (χ1) is 8.12. The van der Waals surface area contributed by atoms with E-state index in [1.165, 1.54) is 12.5 Å². The van der Waals surface area contributed by atoms with Crippen LogP contribution in [0.1, 0.15) is 39.5 Å². The molecule has 0 atom stereocenters. The zero-order valence-electron chi connectivity index (χ0n) is 10.6. The van der Waals surface area contributed by atoms with Crippen LogP contribution in [0.15, 0.2) is 24.7 Å². The van der Waals surface area contributed by atoms with E-state index in [1.54, 1.807) is 12.2 Å². The molecule has 2 nitrogen and oxygen atoms in total. The Balaban J connectivity index is 3.50. The lowest BCUT2D eigenvalue weighted by Crippen LogP contribution is -2.17. The highest BCUT2D eigenvalue weighted by Crippen LogP contribution is 2.26. The first kappa shape index (κ1) is 15.9. The van der Waals surface area contributed by atoms with Crippen molar-refractivity contribution in [2.45, 2.75) is 45.5 Å². The molecule has 100 valence electrons. The van der Waals surface area contributed by atoms with Gasteiger partial charge >= 0.3 is 0 Å². The monoisotopic (exact) mass is 248 g/mol. The van der Waals surface area contributed by atoms with Crippen molar-refractivity contribution in [3.05, 3.63) is 24.7 Å². The van der Waals surface area contributed by atoms with E-state index in [1.807, 2.05) is 13.8 Å².